The van der Waals surface area contributed by atoms with Crippen LogP contribution >= 0.6 is 11.6 Å². The van der Waals surface area contributed by atoms with Crippen molar-refractivity contribution in [3.8, 4) is 0 Å². The first-order valence-corrected chi connectivity index (χ1v) is 5.97. The standard InChI is InChI=1S/C14H16ClN/c1-4-14(2,3)13-12-6-5-11(15)9-10(12)7-8-16-13/h5-9H,4H2,1-3H3. The Labute approximate surface area is 101 Å². The van der Waals surface area contributed by atoms with E-state index in [4.69, 9.17) is 11.6 Å². The lowest BCUT2D eigenvalue weighted by molar-refractivity contribution is 0.495. The Morgan fingerprint density at radius 2 is 2.00 bits per heavy atom. The molecule has 2 rings (SSSR count). The summed E-state index contributed by atoms with van der Waals surface area (Å²) in [4.78, 5) is 4.54. The SMILES string of the molecule is CCC(C)(C)c1nccc2cc(Cl)ccc12. The first kappa shape index (κ1) is 11.4. The van der Waals surface area contributed by atoms with Crippen LogP contribution in [0.5, 0.6) is 0 Å². The fraction of sp³-hybridized carbons (Fsp3) is 0.357. The molecular weight excluding hydrogens is 218 g/mol. The molecule has 0 radical (unpaired) electrons. The van der Waals surface area contributed by atoms with E-state index in [9.17, 15) is 0 Å². The summed E-state index contributed by atoms with van der Waals surface area (Å²) in [6.45, 7) is 6.64. The monoisotopic (exact) mass is 233 g/mol. The molecule has 16 heavy (non-hydrogen) atoms. The van der Waals surface area contributed by atoms with E-state index in [-0.39, 0.29) is 5.41 Å². The highest BCUT2D eigenvalue weighted by Crippen LogP contribution is 2.31. The van der Waals surface area contributed by atoms with Crippen LogP contribution in [0.25, 0.3) is 10.8 Å². The van der Waals surface area contributed by atoms with Crippen LogP contribution in [0.1, 0.15) is 32.9 Å². The molecule has 1 nitrogen and oxygen atoms in total. The number of pyridine rings is 1. The highest BCUT2D eigenvalue weighted by atomic mass is 35.5. The molecule has 0 saturated heterocycles. The highest BCUT2D eigenvalue weighted by molar-refractivity contribution is 6.31. The Hall–Kier alpha value is -1.08. The third-order valence-electron chi connectivity index (χ3n) is 3.25. The van der Waals surface area contributed by atoms with Crippen LogP contribution < -0.4 is 0 Å². The fourth-order valence-electron chi connectivity index (χ4n) is 1.86. The number of halogens is 1. The molecule has 0 unspecified atom stereocenters. The maximum atomic E-state index is 6.00. The Morgan fingerprint density at radius 3 is 2.69 bits per heavy atom. The van der Waals surface area contributed by atoms with E-state index < -0.39 is 0 Å². The normalized spacial score (nSPS) is 12.0. The Bertz CT molecular complexity index is 517. The Morgan fingerprint density at radius 1 is 1.25 bits per heavy atom. The molecular formula is C14H16ClN. The van der Waals surface area contributed by atoms with E-state index >= 15 is 0 Å². The molecule has 2 heteroatoms. The third-order valence-corrected chi connectivity index (χ3v) is 3.49. The zero-order chi connectivity index (χ0) is 11.8. The van der Waals surface area contributed by atoms with Gasteiger partial charge in [-0.05, 0) is 30.0 Å². The van der Waals surface area contributed by atoms with Crippen molar-refractivity contribution < 1.29 is 0 Å². The topological polar surface area (TPSA) is 12.9 Å². The summed E-state index contributed by atoms with van der Waals surface area (Å²) in [7, 11) is 0. The van der Waals surface area contributed by atoms with Crippen LogP contribution in [0.2, 0.25) is 5.02 Å². The first-order chi connectivity index (χ1) is 7.54. The molecule has 1 aromatic carbocycles. The number of nitrogens with zero attached hydrogens (tertiary/aromatic N) is 1. The number of benzene rings is 1. The summed E-state index contributed by atoms with van der Waals surface area (Å²) in [6.07, 6.45) is 2.94. The van der Waals surface area contributed by atoms with Gasteiger partial charge >= 0.3 is 0 Å². The van der Waals surface area contributed by atoms with Gasteiger partial charge in [0.2, 0.25) is 0 Å². The molecule has 0 spiro atoms. The molecule has 0 aliphatic carbocycles. The van der Waals surface area contributed by atoms with Gasteiger partial charge in [-0.2, -0.15) is 0 Å². The van der Waals surface area contributed by atoms with E-state index in [0.717, 1.165) is 17.1 Å². The zero-order valence-electron chi connectivity index (χ0n) is 9.92. The fourth-order valence-corrected chi connectivity index (χ4v) is 2.04. The quantitative estimate of drug-likeness (QED) is 0.740. The number of aromatic nitrogens is 1. The van der Waals surface area contributed by atoms with Gasteiger partial charge in [0.25, 0.3) is 0 Å². The average molecular weight is 234 g/mol. The van der Waals surface area contributed by atoms with Gasteiger partial charge in [0.1, 0.15) is 0 Å². The summed E-state index contributed by atoms with van der Waals surface area (Å²) in [5.41, 5.74) is 1.26. The molecule has 84 valence electrons. The predicted octanol–water partition coefficient (Wildman–Crippen LogP) is 4.58. The minimum absolute atomic E-state index is 0.105. The van der Waals surface area contributed by atoms with Crippen LogP contribution in [0.4, 0.5) is 0 Å². The van der Waals surface area contributed by atoms with E-state index in [1.807, 2.05) is 24.4 Å². The van der Waals surface area contributed by atoms with Crippen molar-refractivity contribution >= 4 is 22.4 Å². The number of hydrogen-bond acceptors (Lipinski definition) is 1. The molecule has 2 aromatic rings. The van der Waals surface area contributed by atoms with Crippen molar-refractivity contribution in [2.45, 2.75) is 32.6 Å². The maximum absolute atomic E-state index is 6.00. The van der Waals surface area contributed by atoms with E-state index in [2.05, 4.69) is 31.8 Å². The molecule has 0 aliphatic rings. The van der Waals surface area contributed by atoms with Crippen LogP contribution in [-0.4, -0.2) is 4.98 Å². The number of hydrogen-bond donors (Lipinski definition) is 0. The third kappa shape index (κ3) is 1.92. The second kappa shape index (κ2) is 4.06. The zero-order valence-corrected chi connectivity index (χ0v) is 10.7. The van der Waals surface area contributed by atoms with E-state index in [1.54, 1.807) is 0 Å². The van der Waals surface area contributed by atoms with Gasteiger partial charge in [0, 0.05) is 22.0 Å². The molecule has 0 amide bonds. The minimum atomic E-state index is 0.105. The van der Waals surface area contributed by atoms with Crippen LogP contribution in [0.3, 0.4) is 0 Å². The van der Waals surface area contributed by atoms with Crippen molar-refractivity contribution in [1.29, 1.82) is 0 Å². The van der Waals surface area contributed by atoms with Crippen LogP contribution in [0.15, 0.2) is 30.5 Å². The molecule has 1 heterocycles. The largest absolute Gasteiger partial charge is 0.260 e. The van der Waals surface area contributed by atoms with Gasteiger partial charge in [0.15, 0.2) is 0 Å². The van der Waals surface area contributed by atoms with Gasteiger partial charge in [-0.1, -0.05) is 38.4 Å². The smallest absolute Gasteiger partial charge is 0.0537 e. The molecule has 0 bridgehead atoms. The summed E-state index contributed by atoms with van der Waals surface area (Å²) in [5.74, 6) is 0. The molecule has 0 atom stereocenters. The number of fused-ring (bicyclic) bond motifs is 1. The maximum Gasteiger partial charge on any atom is 0.0537 e. The lowest BCUT2D eigenvalue weighted by Crippen LogP contribution is -2.17. The summed E-state index contributed by atoms with van der Waals surface area (Å²) < 4.78 is 0. The number of rotatable bonds is 2. The molecule has 0 aliphatic heterocycles. The second-order valence-corrected chi connectivity index (χ2v) is 5.20. The second-order valence-electron chi connectivity index (χ2n) is 4.76. The van der Waals surface area contributed by atoms with Crippen molar-refractivity contribution in [3.05, 3.63) is 41.2 Å². The van der Waals surface area contributed by atoms with Crippen molar-refractivity contribution in [3.63, 3.8) is 0 Å². The van der Waals surface area contributed by atoms with Gasteiger partial charge in [-0.15, -0.1) is 0 Å². The molecule has 1 aromatic heterocycles. The van der Waals surface area contributed by atoms with Crippen LogP contribution in [-0.2, 0) is 5.41 Å². The van der Waals surface area contributed by atoms with E-state index in [0.29, 0.717) is 0 Å². The summed E-state index contributed by atoms with van der Waals surface area (Å²) >= 11 is 6.00. The highest BCUT2D eigenvalue weighted by Gasteiger charge is 2.21. The summed E-state index contributed by atoms with van der Waals surface area (Å²) in [5, 5.41) is 3.15. The minimum Gasteiger partial charge on any atom is -0.260 e. The molecule has 0 N–H and O–H groups in total. The van der Waals surface area contributed by atoms with E-state index in [1.165, 1.54) is 10.8 Å². The van der Waals surface area contributed by atoms with Gasteiger partial charge < -0.3 is 0 Å². The average Bonchev–Trinajstić information content (AvgIpc) is 2.27. The van der Waals surface area contributed by atoms with Crippen molar-refractivity contribution in [2.75, 3.05) is 0 Å². The lowest BCUT2D eigenvalue weighted by Gasteiger charge is -2.23. The Kier molecular flexibility index (Phi) is 2.90. The van der Waals surface area contributed by atoms with Gasteiger partial charge in [-0.25, -0.2) is 0 Å². The predicted molar refractivity (Wildman–Crippen MR) is 70.1 cm³/mol. The lowest BCUT2D eigenvalue weighted by atomic mass is 9.83. The van der Waals surface area contributed by atoms with Crippen molar-refractivity contribution in [2.24, 2.45) is 0 Å². The summed E-state index contributed by atoms with van der Waals surface area (Å²) in [6, 6.07) is 8.00. The molecule has 0 fully saturated rings. The van der Waals surface area contributed by atoms with Gasteiger partial charge in [0.05, 0.1) is 5.69 Å². The Balaban J connectivity index is 2.72. The van der Waals surface area contributed by atoms with Crippen molar-refractivity contribution in [1.82, 2.24) is 4.98 Å². The van der Waals surface area contributed by atoms with Gasteiger partial charge in [-0.3, -0.25) is 4.98 Å². The van der Waals surface area contributed by atoms with Crippen LogP contribution in [0, 0.1) is 0 Å². The first-order valence-electron chi connectivity index (χ1n) is 5.59. The molecule has 0 saturated carbocycles.